The van der Waals surface area contributed by atoms with Gasteiger partial charge in [-0.05, 0) is 36.5 Å². The van der Waals surface area contributed by atoms with Crippen molar-refractivity contribution in [3.8, 4) is 5.75 Å². The molecule has 7 heteroatoms. The van der Waals surface area contributed by atoms with Crippen LogP contribution in [-0.2, 0) is 16.0 Å². The lowest BCUT2D eigenvalue weighted by atomic mass is 10.0. The number of aryl methyl sites for hydroxylation is 1. The molecule has 0 radical (unpaired) electrons. The van der Waals surface area contributed by atoms with E-state index in [1.165, 1.54) is 6.07 Å². The fourth-order valence-electron chi connectivity index (χ4n) is 4.42. The average molecular weight is 415 g/mol. The van der Waals surface area contributed by atoms with Crippen LogP contribution in [0.3, 0.4) is 0 Å². The minimum atomic E-state index is -0.379. The SMILES string of the molecule is CCc1cc(=O)oc2cc(OCC(=O)N[C@H]3C[C@H]4CO[C@@H](C(C)C)CN4C3)ccc12. The monoisotopic (exact) mass is 414 g/mol. The highest BCUT2D eigenvalue weighted by atomic mass is 16.5. The summed E-state index contributed by atoms with van der Waals surface area (Å²) < 4.78 is 16.9. The van der Waals surface area contributed by atoms with E-state index in [0.717, 1.165) is 43.5 Å². The first-order valence-corrected chi connectivity index (χ1v) is 10.8. The zero-order valence-electron chi connectivity index (χ0n) is 17.8. The zero-order valence-corrected chi connectivity index (χ0v) is 17.8. The smallest absolute Gasteiger partial charge is 0.336 e. The predicted molar refractivity (Wildman–Crippen MR) is 114 cm³/mol. The molecule has 2 aromatic rings. The Morgan fingerprint density at radius 1 is 1.30 bits per heavy atom. The Morgan fingerprint density at radius 2 is 2.13 bits per heavy atom. The molecular formula is C23H30N2O5. The van der Waals surface area contributed by atoms with Gasteiger partial charge in [0.2, 0.25) is 0 Å². The Labute approximate surface area is 176 Å². The number of nitrogens with zero attached hydrogens (tertiary/aromatic N) is 1. The van der Waals surface area contributed by atoms with Gasteiger partial charge < -0.3 is 19.2 Å². The maximum absolute atomic E-state index is 12.4. The molecule has 2 saturated heterocycles. The van der Waals surface area contributed by atoms with E-state index in [9.17, 15) is 9.59 Å². The van der Waals surface area contributed by atoms with E-state index >= 15 is 0 Å². The number of amides is 1. The highest BCUT2D eigenvalue weighted by Gasteiger charge is 2.38. The maximum Gasteiger partial charge on any atom is 0.336 e. The Balaban J connectivity index is 1.32. The number of nitrogens with one attached hydrogen (secondary N) is 1. The van der Waals surface area contributed by atoms with Gasteiger partial charge in [0.1, 0.15) is 11.3 Å². The van der Waals surface area contributed by atoms with Gasteiger partial charge in [-0.1, -0.05) is 20.8 Å². The summed E-state index contributed by atoms with van der Waals surface area (Å²) in [5, 5.41) is 3.97. The summed E-state index contributed by atoms with van der Waals surface area (Å²) in [6.45, 7) is 8.78. The first-order valence-electron chi connectivity index (χ1n) is 10.8. The highest BCUT2D eigenvalue weighted by molar-refractivity contribution is 5.82. The van der Waals surface area contributed by atoms with Crippen LogP contribution in [0.15, 0.2) is 33.5 Å². The number of carbonyl (C=O) groups is 1. The van der Waals surface area contributed by atoms with Gasteiger partial charge >= 0.3 is 5.63 Å². The van der Waals surface area contributed by atoms with Crippen molar-refractivity contribution in [2.24, 2.45) is 5.92 Å². The molecular weight excluding hydrogens is 384 g/mol. The van der Waals surface area contributed by atoms with Crippen LogP contribution in [0.2, 0.25) is 0 Å². The zero-order chi connectivity index (χ0) is 21.3. The van der Waals surface area contributed by atoms with Gasteiger partial charge in [-0.3, -0.25) is 9.69 Å². The van der Waals surface area contributed by atoms with Crippen molar-refractivity contribution < 1.29 is 18.7 Å². The average Bonchev–Trinajstić information content (AvgIpc) is 3.12. The molecule has 4 rings (SSSR count). The molecule has 0 unspecified atom stereocenters. The van der Waals surface area contributed by atoms with Crippen molar-refractivity contribution >= 4 is 16.9 Å². The van der Waals surface area contributed by atoms with E-state index in [4.69, 9.17) is 13.9 Å². The molecule has 2 fully saturated rings. The van der Waals surface area contributed by atoms with Crippen molar-refractivity contribution in [1.29, 1.82) is 0 Å². The number of rotatable bonds is 6. The molecule has 0 bridgehead atoms. The third kappa shape index (κ3) is 4.52. The van der Waals surface area contributed by atoms with Crippen LogP contribution in [0.5, 0.6) is 5.75 Å². The number of morpholine rings is 1. The van der Waals surface area contributed by atoms with Crippen molar-refractivity contribution in [2.75, 3.05) is 26.3 Å². The third-order valence-corrected chi connectivity index (χ3v) is 6.11. The summed E-state index contributed by atoms with van der Waals surface area (Å²) >= 11 is 0. The van der Waals surface area contributed by atoms with Crippen LogP contribution in [0, 0.1) is 5.92 Å². The quantitative estimate of drug-likeness (QED) is 0.731. The van der Waals surface area contributed by atoms with Crippen molar-refractivity contribution in [2.45, 2.75) is 51.8 Å². The van der Waals surface area contributed by atoms with Crippen LogP contribution in [0.4, 0.5) is 0 Å². The van der Waals surface area contributed by atoms with Gasteiger partial charge in [0.05, 0.1) is 12.7 Å². The topological polar surface area (TPSA) is 81.0 Å². The summed E-state index contributed by atoms with van der Waals surface area (Å²) in [4.78, 5) is 26.6. The number of ether oxygens (including phenoxy) is 2. The summed E-state index contributed by atoms with van der Waals surface area (Å²) in [7, 11) is 0. The van der Waals surface area contributed by atoms with E-state index in [1.807, 2.05) is 13.0 Å². The van der Waals surface area contributed by atoms with E-state index in [2.05, 4.69) is 24.1 Å². The fourth-order valence-corrected chi connectivity index (χ4v) is 4.42. The Bertz CT molecular complexity index is 970. The first-order chi connectivity index (χ1) is 14.4. The van der Waals surface area contributed by atoms with Gasteiger partial charge in [-0.15, -0.1) is 0 Å². The van der Waals surface area contributed by atoms with E-state index < -0.39 is 0 Å². The molecule has 7 nitrogen and oxygen atoms in total. The lowest BCUT2D eigenvalue weighted by molar-refractivity contribution is -0.123. The van der Waals surface area contributed by atoms with Crippen LogP contribution in [0.25, 0.3) is 11.0 Å². The highest BCUT2D eigenvalue weighted by Crippen LogP contribution is 2.26. The van der Waals surface area contributed by atoms with Crippen molar-refractivity contribution in [3.05, 3.63) is 40.2 Å². The van der Waals surface area contributed by atoms with Crippen molar-refractivity contribution in [3.63, 3.8) is 0 Å². The van der Waals surface area contributed by atoms with Crippen LogP contribution >= 0.6 is 0 Å². The first kappa shape index (κ1) is 20.9. The maximum atomic E-state index is 12.4. The number of benzene rings is 1. The lowest BCUT2D eigenvalue weighted by Crippen LogP contribution is -2.48. The minimum absolute atomic E-state index is 0.0739. The fraction of sp³-hybridized carbons (Fsp3) is 0.565. The largest absolute Gasteiger partial charge is 0.484 e. The second-order valence-electron chi connectivity index (χ2n) is 8.61. The Morgan fingerprint density at radius 3 is 2.90 bits per heavy atom. The third-order valence-electron chi connectivity index (χ3n) is 6.11. The molecule has 0 saturated carbocycles. The molecule has 1 amide bonds. The Hall–Kier alpha value is -2.38. The van der Waals surface area contributed by atoms with Crippen LogP contribution in [0.1, 0.15) is 32.8 Å². The van der Waals surface area contributed by atoms with Gasteiger partial charge in [-0.2, -0.15) is 0 Å². The lowest BCUT2D eigenvalue weighted by Gasteiger charge is -2.36. The molecule has 1 N–H and O–H groups in total. The number of fused-ring (bicyclic) bond motifs is 2. The van der Waals surface area contributed by atoms with Gasteiger partial charge in [0.15, 0.2) is 6.61 Å². The molecule has 0 aliphatic carbocycles. The second kappa shape index (κ2) is 8.78. The molecule has 30 heavy (non-hydrogen) atoms. The Kier molecular flexibility index (Phi) is 6.11. The van der Waals surface area contributed by atoms with E-state index in [1.54, 1.807) is 12.1 Å². The molecule has 2 aliphatic heterocycles. The summed E-state index contributed by atoms with van der Waals surface area (Å²) in [6.07, 6.45) is 1.91. The number of carbonyl (C=O) groups excluding carboxylic acids is 1. The van der Waals surface area contributed by atoms with Crippen LogP contribution in [-0.4, -0.2) is 55.3 Å². The van der Waals surface area contributed by atoms with Crippen molar-refractivity contribution in [1.82, 2.24) is 10.2 Å². The molecule has 1 aromatic carbocycles. The number of hydrogen-bond donors (Lipinski definition) is 1. The number of hydrogen-bond acceptors (Lipinski definition) is 6. The van der Waals surface area contributed by atoms with Gasteiger partial charge in [-0.25, -0.2) is 4.79 Å². The summed E-state index contributed by atoms with van der Waals surface area (Å²) in [5.41, 5.74) is 1.03. The summed E-state index contributed by atoms with van der Waals surface area (Å²) in [5.74, 6) is 0.851. The molecule has 3 heterocycles. The standard InChI is InChI=1S/C23H30N2O5/c1-4-15-7-23(27)30-20-9-18(5-6-19(15)20)28-13-22(26)24-16-8-17-12-29-21(14(2)3)11-25(17)10-16/h5-7,9,14,16-17,21H,4,8,10-13H2,1-3H3,(H,24,26)/t16-,17-,21+/m0/s1. The second-order valence-corrected chi connectivity index (χ2v) is 8.61. The van der Waals surface area contributed by atoms with Gasteiger partial charge in [0, 0.05) is 42.7 Å². The summed E-state index contributed by atoms with van der Waals surface area (Å²) in [6, 6.07) is 7.34. The molecule has 0 spiro atoms. The van der Waals surface area contributed by atoms with E-state index in [-0.39, 0.29) is 30.3 Å². The van der Waals surface area contributed by atoms with Crippen LogP contribution < -0.4 is 15.7 Å². The van der Waals surface area contributed by atoms with Gasteiger partial charge in [0.25, 0.3) is 5.91 Å². The molecule has 3 atom stereocenters. The molecule has 1 aromatic heterocycles. The minimum Gasteiger partial charge on any atom is -0.484 e. The molecule has 2 aliphatic rings. The normalized spacial score (nSPS) is 24.2. The predicted octanol–water partition coefficient (Wildman–Crippen LogP) is 2.35. The van der Waals surface area contributed by atoms with E-state index in [0.29, 0.717) is 23.3 Å². The molecule has 162 valence electrons.